The van der Waals surface area contributed by atoms with Gasteiger partial charge in [-0.05, 0) is 37.0 Å². The van der Waals surface area contributed by atoms with E-state index in [1.807, 2.05) is 0 Å². The molecule has 0 spiro atoms. The van der Waals surface area contributed by atoms with Gasteiger partial charge < -0.3 is 5.32 Å². The first-order valence-electron chi connectivity index (χ1n) is 5.93. The van der Waals surface area contributed by atoms with Gasteiger partial charge in [0.2, 0.25) is 0 Å². The maximum absolute atomic E-state index is 12.1. The number of benzene rings is 1. The van der Waals surface area contributed by atoms with Crippen molar-refractivity contribution in [3.8, 4) is 0 Å². The Morgan fingerprint density at radius 2 is 2.11 bits per heavy atom. The Kier molecular flexibility index (Phi) is 4.77. The van der Waals surface area contributed by atoms with Crippen LogP contribution in [0.25, 0.3) is 0 Å². The number of halogens is 3. The molecule has 18 heavy (non-hydrogen) atoms. The van der Waals surface area contributed by atoms with Gasteiger partial charge >= 0.3 is 0 Å². The minimum atomic E-state index is -0.176. The Morgan fingerprint density at radius 1 is 1.33 bits per heavy atom. The fourth-order valence-corrected chi connectivity index (χ4v) is 3.07. The number of nitrogens with one attached hydrogen (secondary N) is 1. The van der Waals surface area contributed by atoms with Crippen LogP contribution in [0.4, 0.5) is 0 Å². The molecule has 2 nitrogen and oxygen atoms in total. The van der Waals surface area contributed by atoms with Crippen LogP contribution < -0.4 is 5.32 Å². The normalized spacial score (nSPS) is 23.1. The van der Waals surface area contributed by atoms with Crippen LogP contribution in [0, 0.1) is 5.92 Å². The molecule has 1 aliphatic carbocycles. The summed E-state index contributed by atoms with van der Waals surface area (Å²) in [5.74, 6) is 0.756. The molecule has 0 aromatic heterocycles. The van der Waals surface area contributed by atoms with E-state index in [2.05, 4.69) is 5.32 Å². The molecule has 1 amide bonds. The molecule has 98 valence electrons. The Balaban J connectivity index is 2.09. The third-order valence-corrected chi connectivity index (χ3v) is 4.31. The van der Waals surface area contributed by atoms with E-state index in [1.54, 1.807) is 18.2 Å². The van der Waals surface area contributed by atoms with Gasteiger partial charge in [0.05, 0.1) is 10.6 Å². The van der Waals surface area contributed by atoms with Crippen LogP contribution in [0.1, 0.15) is 29.6 Å². The molecule has 2 rings (SSSR count). The zero-order valence-corrected chi connectivity index (χ0v) is 12.0. The second-order valence-electron chi connectivity index (χ2n) is 4.55. The van der Waals surface area contributed by atoms with Crippen molar-refractivity contribution in [2.45, 2.75) is 25.3 Å². The van der Waals surface area contributed by atoms with E-state index in [1.165, 1.54) is 0 Å². The van der Waals surface area contributed by atoms with Crippen molar-refractivity contribution >= 4 is 40.7 Å². The summed E-state index contributed by atoms with van der Waals surface area (Å²) in [5, 5.41) is 3.92. The largest absolute Gasteiger partial charge is 0.349 e. The number of carbonyl (C=O) groups is 1. The summed E-state index contributed by atoms with van der Waals surface area (Å²) in [6.45, 7) is 0. The second kappa shape index (κ2) is 6.14. The summed E-state index contributed by atoms with van der Waals surface area (Å²) in [6.07, 6.45) is 3.14. The number of hydrogen-bond acceptors (Lipinski definition) is 1. The monoisotopic (exact) mass is 305 g/mol. The molecular weight excluding hydrogens is 293 g/mol. The van der Waals surface area contributed by atoms with Crippen LogP contribution in [-0.2, 0) is 0 Å². The molecule has 1 fully saturated rings. The number of rotatable bonds is 3. The first-order valence-corrected chi connectivity index (χ1v) is 7.22. The fraction of sp³-hybridized carbons (Fsp3) is 0.462. The molecule has 2 unspecified atom stereocenters. The minimum Gasteiger partial charge on any atom is -0.349 e. The van der Waals surface area contributed by atoms with Gasteiger partial charge in [0.15, 0.2) is 0 Å². The Labute approximate surface area is 122 Å². The van der Waals surface area contributed by atoms with Crippen LogP contribution in [0.15, 0.2) is 18.2 Å². The van der Waals surface area contributed by atoms with Gasteiger partial charge in [-0.3, -0.25) is 4.79 Å². The number of carbonyl (C=O) groups excluding carboxylic acids is 1. The lowest BCUT2D eigenvalue weighted by atomic mass is 10.1. The summed E-state index contributed by atoms with van der Waals surface area (Å²) >= 11 is 17.8. The van der Waals surface area contributed by atoms with Crippen molar-refractivity contribution in [2.24, 2.45) is 5.92 Å². The SMILES string of the molecule is O=C(NC1CCCC1CCl)c1cc(Cl)ccc1Cl. The third-order valence-electron chi connectivity index (χ3n) is 3.35. The molecule has 0 radical (unpaired) electrons. The molecule has 5 heteroatoms. The molecule has 0 saturated heterocycles. The lowest BCUT2D eigenvalue weighted by molar-refractivity contribution is 0.0930. The van der Waals surface area contributed by atoms with Gasteiger partial charge in [-0.25, -0.2) is 0 Å². The summed E-state index contributed by atoms with van der Waals surface area (Å²) < 4.78 is 0. The second-order valence-corrected chi connectivity index (χ2v) is 5.70. The first-order chi connectivity index (χ1) is 8.61. The average Bonchev–Trinajstić information content (AvgIpc) is 2.79. The summed E-state index contributed by atoms with van der Waals surface area (Å²) in [4.78, 5) is 12.1. The van der Waals surface area contributed by atoms with Crippen molar-refractivity contribution < 1.29 is 4.79 Å². The summed E-state index contributed by atoms with van der Waals surface area (Å²) in [6, 6.07) is 5.03. The van der Waals surface area contributed by atoms with E-state index in [0.717, 1.165) is 19.3 Å². The van der Waals surface area contributed by atoms with Crippen molar-refractivity contribution in [1.29, 1.82) is 0 Å². The fourth-order valence-electron chi connectivity index (χ4n) is 2.33. The van der Waals surface area contributed by atoms with Gasteiger partial charge in [-0.1, -0.05) is 29.6 Å². The highest BCUT2D eigenvalue weighted by atomic mass is 35.5. The molecule has 0 heterocycles. The number of alkyl halides is 1. The maximum atomic E-state index is 12.1. The molecule has 1 aliphatic rings. The van der Waals surface area contributed by atoms with Crippen LogP contribution in [0.2, 0.25) is 10.0 Å². The van der Waals surface area contributed by atoms with Crippen LogP contribution in [0.3, 0.4) is 0 Å². The van der Waals surface area contributed by atoms with Crippen molar-refractivity contribution in [2.75, 3.05) is 5.88 Å². The molecular formula is C13H14Cl3NO. The Bertz CT molecular complexity index is 450. The standard InChI is InChI=1S/C13H14Cl3NO/c14-7-8-2-1-3-12(8)17-13(18)10-6-9(15)4-5-11(10)16/h4-6,8,12H,1-3,7H2,(H,17,18). The first kappa shape index (κ1) is 14.0. The summed E-state index contributed by atoms with van der Waals surface area (Å²) in [5.41, 5.74) is 0.421. The maximum Gasteiger partial charge on any atom is 0.253 e. The molecule has 1 N–H and O–H groups in total. The lowest BCUT2D eigenvalue weighted by Crippen LogP contribution is -2.38. The zero-order valence-electron chi connectivity index (χ0n) is 9.76. The van der Waals surface area contributed by atoms with Crippen molar-refractivity contribution in [3.05, 3.63) is 33.8 Å². The van der Waals surface area contributed by atoms with Gasteiger partial charge in [0.25, 0.3) is 5.91 Å². The van der Waals surface area contributed by atoms with E-state index >= 15 is 0 Å². The summed E-state index contributed by atoms with van der Waals surface area (Å²) in [7, 11) is 0. The van der Waals surface area contributed by atoms with Gasteiger partial charge in [-0.15, -0.1) is 11.6 Å². The highest BCUT2D eigenvalue weighted by Crippen LogP contribution is 2.27. The van der Waals surface area contributed by atoms with E-state index < -0.39 is 0 Å². The number of amides is 1. The van der Waals surface area contributed by atoms with Crippen LogP contribution >= 0.6 is 34.8 Å². The lowest BCUT2D eigenvalue weighted by Gasteiger charge is -2.19. The predicted molar refractivity (Wildman–Crippen MR) is 75.8 cm³/mol. The average molecular weight is 307 g/mol. The van der Waals surface area contributed by atoms with Crippen molar-refractivity contribution in [3.63, 3.8) is 0 Å². The van der Waals surface area contributed by atoms with Gasteiger partial charge in [-0.2, -0.15) is 0 Å². The highest BCUT2D eigenvalue weighted by Gasteiger charge is 2.28. The van der Waals surface area contributed by atoms with E-state index in [9.17, 15) is 4.79 Å². The quantitative estimate of drug-likeness (QED) is 0.836. The molecule has 2 atom stereocenters. The number of hydrogen-bond donors (Lipinski definition) is 1. The van der Waals surface area contributed by atoms with E-state index in [4.69, 9.17) is 34.8 Å². The molecule has 1 aromatic carbocycles. The predicted octanol–water partition coefficient (Wildman–Crippen LogP) is 4.13. The topological polar surface area (TPSA) is 29.1 Å². The van der Waals surface area contributed by atoms with Gasteiger partial charge in [0, 0.05) is 16.9 Å². The van der Waals surface area contributed by atoms with Crippen molar-refractivity contribution in [1.82, 2.24) is 5.32 Å². The van der Waals surface area contributed by atoms with Crippen LogP contribution in [-0.4, -0.2) is 17.8 Å². The van der Waals surface area contributed by atoms with Crippen LogP contribution in [0.5, 0.6) is 0 Å². The van der Waals surface area contributed by atoms with E-state index in [-0.39, 0.29) is 11.9 Å². The van der Waals surface area contributed by atoms with E-state index in [0.29, 0.717) is 27.4 Å². The molecule has 0 bridgehead atoms. The zero-order chi connectivity index (χ0) is 13.1. The smallest absolute Gasteiger partial charge is 0.253 e. The molecule has 1 saturated carbocycles. The molecule has 1 aromatic rings. The Morgan fingerprint density at radius 3 is 2.83 bits per heavy atom. The minimum absolute atomic E-state index is 0.144. The van der Waals surface area contributed by atoms with Gasteiger partial charge in [0.1, 0.15) is 0 Å². The third kappa shape index (κ3) is 3.11. The Hall–Kier alpha value is -0.440. The highest BCUT2D eigenvalue weighted by molar-refractivity contribution is 6.35. The molecule has 0 aliphatic heterocycles.